The smallest absolute Gasteiger partial charge is 0.229 e. The van der Waals surface area contributed by atoms with Crippen LogP contribution in [0.15, 0.2) is 0 Å². The molecule has 0 aromatic rings. The van der Waals surface area contributed by atoms with E-state index >= 15 is 0 Å². The van der Waals surface area contributed by atoms with Gasteiger partial charge in [0.15, 0.2) is 0 Å². The molecule has 0 bridgehead atoms. The van der Waals surface area contributed by atoms with E-state index in [1.54, 1.807) is 0 Å². The molecular weight excluding hydrogens is 202 g/mol. The number of hydrogen-bond acceptors (Lipinski definition) is 3. The number of amides is 1. The molecule has 1 atom stereocenters. The summed E-state index contributed by atoms with van der Waals surface area (Å²) >= 11 is 0. The molecule has 0 aromatic heterocycles. The Bertz CT molecular complexity index is 224. The third kappa shape index (κ3) is 3.46. The van der Waals surface area contributed by atoms with Crippen molar-refractivity contribution in [3.8, 4) is 0 Å². The molecule has 0 radical (unpaired) electrons. The molecule has 1 aliphatic heterocycles. The van der Waals surface area contributed by atoms with Crippen molar-refractivity contribution in [1.82, 2.24) is 15.5 Å². The van der Waals surface area contributed by atoms with E-state index in [0.717, 1.165) is 45.4 Å². The number of hydrogen-bond donors (Lipinski definition) is 2. The quantitative estimate of drug-likeness (QED) is 0.670. The summed E-state index contributed by atoms with van der Waals surface area (Å²) in [5.41, 5.74) is -0.188. The molecule has 0 saturated carbocycles. The van der Waals surface area contributed by atoms with Crippen LogP contribution in [-0.4, -0.2) is 51.1 Å². The summed E-state index contributed by atoms with van der Waals surface area (Å²) in [4.78, 5) is 14.2. The number of nitrogens with one attached hydrogen (secondary N) is 2. The summed E-state index contributed by atoms with van der Waals surface area (Å²) in [5, 5.41) is 6.42. The van der Waals surface area contributed by atoms with E-state index in [4.69, 9.17) is 0 Å². The summed E-state index contributed by atoms with van der Waals surface area (Å²) in [6.45, 7) is 5.76. The SMILES string of the molecule is CNCCCN(C)C(=O)C1(C)CCCNC1. The van der Waals surface area contributed by atoms with Crippen LogP contribution in [0.5, 0.6) is 0 Å². The van der Waals surface area contributed by atoms with Crippen molar-refractivity contribution in [1.29, 1.82) is 0 Å². The maximum atomic E-state index is 12.3. The highest BCUT2D eigenvalue weighted by molar-refractivity contribution is 5.82. The third-order valence-electron chi connectivity index (χ3n) is 3.38. The Balaban J connectivity index is 2.41. The maximum absolute atomic E-state index is 12.3. The second kappa shape index (κ2) is 6.21. The van der Waals surface area contributed by atoms with Crippen LogP contribution in [0.4, 0.5) is 0 Å². The molecule has 4 heteroatoms. The van der Waals surface area contributed by atoms with Crippen molar-refractivity contribution in [2.75, 3.05) is 40.3 Å². The van der Waals surface area contributed by atoms with Crippen molar-refractivity contribution < 1.29 is 4.79 Å². The first-order valence-electron chi connectivity index (χ1n) is 6.21. The Morgan fingerprint density at radius 1 is 1.56 bits per heavy atom. The van der Waals surface area contributed by atoms with Crippen LogP contribution in [0, 0.1) is 5.41 Å². The number of rotatable bonds is 5. The topological polar surface area (TPSA) is 44.4 Å². The molecule has 1 rings (SSSR count). The lowest BCUT2D eigenvalue weighted by molar-refractivity contribution is -0.140. The minimum absolute atomic E-state index is 0.188. The average Bonchev–Trinajstić information content (AvgIpc) is 2.29. The molecule has 1 amide bonds. The van der Waals surface area contributed by atoms with E-state index in [1.807, 2.05) is 19.0 Å². The minimum Gasteiger partial charge on any atom is -0.345 e. The van der Waals surface area contributed by atoms with E-state index < -0.39 is 0 Å². The summed E-state index contributed by atoms with van der Waals surface area (Å²) in [6, 6.07) is 0. The largest absolute Gasteiger partial charge is 0.345 e. The Hall–Kier alpha value is -0.610. The van der Waals surface area contributed by atoms with Crippen molar-refractivity contribution in [2.24, 2.45) is 5.41 Å². The second-order valence-corrected chi connectivity index (χ2v) is 5.02. The zero-order chi connectivity index (χ0) is 12.0. The fraction of sp³-hybridized carbons (Fsp3) is 0.917. The summed E-state index contributed by atoms with van der Waals surface area (Å²) < 4.78 is 0. The number of carbonyl (C=O) groups excluding carboxylic acids is 1. The number of piperidine rings is 1. The first-order valence-corrected chi connectivity index (χ1v) is 6.21. The Labute approximate surface area is 98.8 Å². The average molecular weight is 227 g/mol. The van der Waals surface area contributed by atoms with Crippen LogP contribution < -0.4 is 10.6 Å². The zero-order valence-corrected chi connectivity index (χ0v) is 10.8. The molecule has 4 nitrogen and oxygen atoms in total. The van der Waals surface area contributed by atoms with Crippen LogP contribution in [-0.2, 0) is 4.79 Å². The van der Waals surface area contributed by atoms with E-state index in [9.17, 15) is 4.79 Å². The van der Waals surface area contributed by atoms with E-state index in [1.165, 1.54) is 0 Å². The van der Waals surface area contributed by atoms with Gasteiger partial charge in [0, 0.05) is 20.1 Å². The van der Waals surface area contributed by atoms with Gasteiger partial charge in [-0.25, -0.2) is 0 Å². The van der Waals surface area contributed by atoms with Gasteiger partial charge >= 0.3 is 0 Å². The third-order valence-corrected chi connectivity index (χ3v) is 3.38. The summed E-state index contributed by atoms with van der Waals surface area (Å²) in [7, 11) is 3.85. The zero-order valence-electron chi connectivity index (χ0n) is 10.8. The molecule has 94 valence electrons. The standard InChI is InChI=1S/C12H25N3O/c1-12(6-4-8-14-10-12)11(16)15(3)9-5-7-13-2/h13-14H,4-10H2,1-3H3. The lowest BCUT2D eigenvalue weighted by atomic mass is 9.81. The molecule has 1 aliphatic rings. The molecule has 1 heterocycles. The van der Waals surface area contributed by atoms with Gasteiger partial charge in [-0.2, -0.15) is 0 Å². The molecule has 0 spiro atoms. The van der Waals surface area contributed by atoms with E-state index in [0.29, 0.717) is 0 Å². The molecule has 1 saturated heterocycles. The second-order valence-electron chi connectivity index (χ2n) is 5.02. The number of carbonyl (C=O) groups is 1. The van der Waals surface area contributed by atoms with Crippen LogP contribution in [0.2, 0.25) is 0 Å². The van der Waals surface area contributed by atoms with Gasteiger partial charge in [0.2, 0.25) is 5.91 Å². The molecule has 1 fully saturated rings. The van der Waals surface area contributed by atoms with Gasteiger partial charge in [-0.05, 0) is 46.3 Å². The van der Waals surface area contributed by atoms with Crippen LogP contribution in [0.1, 0.15) is 26.2 Å². The molecule has 0 aliphatic carbocycles. The van der Waals surface area contributed by atoms with E-state index in [-0.39, 0.29) is 11.3 Å². The predicted molar refractivity (Wildman–Crippen MR) is 66.4 cm³/mol. The monoisotopic (exact) mass is 227 g/mol. The first-order chi connectivity index (χ1) is 7.60. The Morgan fingerprint density at radius 3 is 2.88 bits per heavy atom. The Kier molecular flexibility index (Phi) is 5.22. The highest BCUT2D eigenvalue weighted by Crippen LogP contribution is 2.27. The van der Waals surface area contributed by atoms with Crippen LogP contribution in [0.3, 0.4) is 0 Å². The fourth-order valence-corrected chi connectivity index (χ4v) is 2.29. The summed E-state index contributed by atoms with van der Waals surface area (Å²) in [5.74, 6) is 0.288. The van der Waals surface area contributed by atoms with E-state index in [2.05, 4.69) is 17.6 Å². The van der Waals surface area contributed by atoms with Gasteiger partial charge in [-0.3, -0.25) is 4.79 Å². The summed E-state index contributed by atoms with van der Waals surface area (Å²) in [6.07, 6.45) is 3.13. The van der Waals surface area contributed by atoms with Gasteiger partial charge in [0.25, 0.3) is 0 Å². The van der Waals surface area contributed by atoms with Crippen molar-refractivity contribution in [3.05, 3.63) is 0 Å². The molecule has 1 unspecified atom stereocenters. The highest BCUT2D eigenvalue weighted by atomic mass is 16.2. The van der Waals surface area contributed by atoms with Gasteiger partial charge in [0.1, 0.15) is 0 Å². The molecule has 0 aromatic carbocycles. The normalized spacial score (nSPS) is 25.4. The Morgan fingerprint density at radius 2 is 2.31 bits per heavy atom. The highest BCUT2D eigenvalue weighted by Gasteiger charge is 2.36. The maximum Gasteiger partial charge on any atom is 0.229 e. The minimum atomic E-state index is -0.188. The molecular formula is C12H25N3O. The van der Waals surface area contributed by atoms with Gasteiger partial charge in [-0.15, -0.1) is 0 Å². The van der Waals surface area contributed by atoms with Crippen molar-refractivity contribution >= 4 is 5.91 Å². The van der Waals surface area contributed by atoms with Gasteiger partial charge in [0.05, 0.1) is 5.41 Å². The van der Waals surface area contributed by atoms with Crippen molar-refractivity contribution in [2.45, 2.75) is 26.2 Å². The van der Waals surface area contributed by atoms with Crippen LogP contribution in [0.25, 0.3) is 0 Å². The lowest BCUT2D eigenvalue weighted by Gasteiger charge is -2.36. The van der Waals surface area contributed by atoms with Crippen molar-refractivity contribution in [3.63, 3.8) is 0 Å². The van der Waals surface area contributed by atoms with Crippen LogP contribution >= 0.6 is 0 Å². The van der Waals surface area contributed by atoms with Gasteiger partial charge < -0.3 is 15.5 Å². The fourth-order valence-electron chi connectivity index (χ4n) is 2.29. The molecule has 16 heavy (non-hydrogen) atoms. The lowest BCUT2D eigenvalue weighted by Crippen LogP contribution is -2.49. The predicted octanol–water partition coefficient (Wildman–Crippen LogP) is 0.444. The first kappa shape index (κ1) is 13.5. The van der Waals surface area contributed by atoms with Gasteiger partial charge in [-0.1, -0.05) is 0 Å². The molecule has 2 N–H and O–H groups in total. The number of nitrogens with zero attached hydrogens (tertiary/aromatic N) is 1.